The molecule has 0 aromatic heterocycles. The summed E-state index contributed by atoms with van der Waals surface area (Å²) < 4.78 is 0.995. The first kappa shape index (κ1) is 21.3. The van der Waals surface area contributed by atoms with Crippen molar-refractivity contribution >= 4 is 22.7 Å². The monoisotopic (exact) mass is 421 g/mol. The van der Waals surface area contributed by atoms with Crippen LogP contribution in [-0.4, -0.2) is 31.3 Å². The van der Waals surface area contributed by atoms with E-state index < -0.39 is 6.28 Å². The Morgan fingerprint density at radius 2 is 1.16 bits per heavy atom. The van der Waals surface area contributed by atoms with Gasteiger partial charge >= 0.3 is 0 Å². The summed E-state index contributed by atoms with van der Waals surface area (Å²) in [7, 11) is 4.95. The number of hydrogen-bond donors (Lipinski definition) is 0. The number of quaternary nitrogens is 1. The first-order valence-electron chi connectivity index (χ1n) is 12.5. The van der Waals surface area contributed by atoms with Gasteiger partial charge in [0.25, 0.3) is 6.28 Å². The maximum absolute atomic E-state index is 2.47. The molecule has 1 nitrogen and oxygen atoms in total. The van der Waals surface area contributed by atoms with Gasteiger partial charge < -0.3 is 4.39 Å². The highest BCUT2D eigenvalue weighted by atomic mass is 15.3. The van der Waals surface area contributed by atoms with Crippen molar-refractivity contribution in [2.45, 2.75) is 38.5 Å². The van der Waals surface area contributed by atoms with Gasteiger partial charge in [-0.2, -0.15) is 0 Å². The lowest BCUT2D eigenvalue weighted by atomic mass is 9.19. The Labute approximate surface area is 194 Å². The zero-order valence-electron chi connectivity index (χ0n) is 19.7. The summed E-state index contributed by atoms with van der Waals surface area (Å²) in [5.74, 6) is 0.730. The quantitative estimate of drug-likeness (QED) is 0.467. The zero-order valence-corrected chi connectivity index (χ0v) is 19.7. The fraction of sp³-hybridized carbons (Fsp3) is 0.333. The molecule has 0 atom stereocenters. The van der Waals surface area contributed by atoms with E-state index in [0.717, 1.165) is 10.3 Å². The Hall–Kier alpha value is -2.58. The van der Waals surface area contributed by atoms with E-state index in [4.69, 9.17) is 0 Å². The number of hydrogen-bond acceptors (Lipinski definition) is 0. The fourth-order valence-corrected chi connectivity index (χ4v) is 7.07. The molecule has 1 heterocycles. The molecule has 3 aromatic rings. The van der Waals surface area contributed by atoms with Crippen molar-refractivity contribution in [2.24, 2.45) is 5.92 Å². The summed E-state index contributed by atoms with van der Waals surface area (Å²) in [6.45, 7) is 1.19. The molecule has 1 aliphatic carbocycles. The highest BCUT2D eigenvalue weighted by Crippen LogP contribution is 2.45. The van der Waals surface area contributed by atoms with Crippen LogP contribution in [0.3, 0.4) is 0 Å². The Bertz CT molecular complexity index is 1020. The first-order chi connectivity index (χ1) is 15.6. The van der Waals surface area contributed by atoms with E-state index in [9.17, 15) is 0 Å². The highest BCUT2D eigenvalue weighted by Gasteiger charge is 2.51. The second kappa shape index (κ2) is 8.75. The van der Waals surface area contributed by atoms with E-state index >= 15 is 0 Å². The van der Waals surface area contributed by atoms with Crippen LogP contribution in [0, 0.1) is 5.92 Å². The van der Waals surface area contributed by atoms with Crippen LogP contribution in [-0.2, 0) is 0 Å². The average molecular weight is 421 g/mol. The fourth-order valence-electron chi connectivity index (χ4n) is 7.07. The lowest BCUT2D eigenvalue weighted by molar-refractivity contribution is -0.787. The summed E-state index contributed by atoms with van der Waals surface area (Å²) in [6.07, 6.45) is 6.90. The van der Waals surface area contributed by atoms with E-state index in [1.807, 2.05) is 0 Å². The Kier molecular flexibility index (Phi) is 5.82. The molecule has 0 spiro atoms. The second-order valence-electron chi connectivity index (χ2n) is 10.5. The van der Waals surface area contributed by atoms with Crippen LogP contribution in [0.4, 0.5) is 0 Å². The van der Waals surface area contributed by atoms with E-state index in [2.05, 4.69) is 105 Å². The molecule has 2 heteroatoms. The van der Waals surface area contributed by atoms with Gasteiger partial charge in [-0.15, -0.1) is 16.4 Å². The van der Waals surface area contributed by atoms with E-state index in [1.54, 1.807) is 11.0 Å². The molecule has 164 valence electrons. The van der Waals surface area contributed by atoms with E-state index in [0.29, 0.717) is 0 Å². The minimum atomic E-state index is -1.19. The largest absolute Gasteiger partial charge is 0.509 e. The van der Waals surface area contributed by atoms with Crippen molar-refractivity contribution in [2.75, 3.05) is 20.6 Å². The maximum Gasteiger partial charge on any atom is 0.291 e. The van der Waals surface area contributed by atoms with Gasteiger partial charge in [0.1, 0.15) is 0 Å². The third-order valence-corrected chi connectivity index (χ3v) is 8.52. The first-order valence-corrected chi connectivity index (χ1v) is 12.5. The maximum atomic E-state index is 2.47. The number of nitrogens with zero attached hydrogens (tertiary/aromatic N) is 1. The molecule has 0 amide bonds. The SMILES string of the molecule is C[N+]1(C)CCC(C2CCCCC2)=C(c2ccccc2)[B-]1(c1ccccc1)c1ccccc1. The van der Waals surface area contributed by atoms with Crippen molar-refractivity contribution in [3.8, 4) is 0 Å². The molecule has 2 aliphatic rings. The number of benzene rings is 3. The summed E-state index contributed by atoms with van der Waals surface area (Å²) in [5.41, 5.74) is 7.74. The minimum absolute atomic E-state index is 0.730. The van der Waals surface area contributed by atoms with Crippen LogP contribution in [0.2, 0.25) is 0 Å². The van der Waals surface area contributed by atoms with Crippen molar-refractivity contribution in [3.63, 3.8) is 0 Å². The smallest absolute Gasteiger partial charge is 0.291 e. The van der Waals surface area contributed by atoms with Crippen LogP contribution >= 0.6 is 0 Å². The molecule has 5 rings (SSSR count). The topological polar surface area (TPSA) is 0 Å². The van der Waals surface area contributed by atoms with Gasteiger partial charge in [0.2, 0.25) is 0 Å². The molecule has 1 aliphatic heterocycles. The standard InChI is InChI=1S/C30H36BN/c1-32(2)24-23-29(25-15-7-3-8-16-25)30(26-17-9-4-10-18-26)31(32,27-19-11-5-12-20-27)28-21-13-6-14-22-28/h4-6,9-14,17-22,25H,3,7-8,15-16,23-24H2,1-2H3. The van der Waals surface area contributed by atoms with E-state index in [-0.39, 0.29) is 0 Å². The highest BCUT2D eigenvalue weighted by molar-refractivity contribution is 7.10. The minimum Gasteiger partial charge on any atom is -0.509 e. The predicted molar refractivity (Wildman–Crippen MR) is 139 cm³/mol. The molecule has 1 saturated carbocycles. The Balaban J connectivity index is 1.89. The van der Waals surface area contributed by atoms with Crippen molar-refractivity contribution in [1.29, 1.82) is 0 Å². The molecule has 3 aromatic carbocycles. The van der Waals surface area contributed by atoms with Gasteiger partial charge in [-0.25, -0.2) is 0 Å². The van der Waals surface area contributed by atoms with Crippen molar-refractivity contribution in [1.82, 2.24) is 0 Å². The van der Waals surface area contributed by atoms with Crippen molar-refractivity contribution < 1.29 is 4.39 Å². The second-order valence-corrected chi connectivity index (χ2v) is 10.5. The molecular formula is C30H36BN. The lowest BCUT2D eigenvalue weighted by Crippen LogP contribution is -2.79. The number of rotatable bonds is 4. The van der Waals surface area contributed by atoms with Crippen LogP contribution in [0.1, 0.15) is 44.1 Å². The van der Waals surface area contributed by atoms with Gasteiger partial charge in [0.05, 0.1) is 0 Å². The van der Waals surface area contributed by atoms with Gasteiger partial charge in [-0.05, 0) is 18.8 Å². The van der Waals surface area contributed by atoms with Gasteiger partial charge in [-0.3, -0.25) is 0 Å². The van der Waals surface area contributed by atoms with Crippen LogP contribution in [0.25, 0.3) is 5.47 Å². The lowest BCUT2D eigenvalue weighted by Gasteiger charge is -2.62. The van der Waals surface area contributed by atoms with Gasteiger partial charge in [-0.1, -0.05) is 121 Å². The molecule has 1 fully saturated rings. The Morgan fingerprint density at radius 3 is 1.69 bits per heavy atom. The molecule has 32 heavy (non-hydrogen) atoms. The third-order valence-electron chi connectivity index (χ3n) is 8.52. The molecule has 0 radical (unpaired) electrons. The zero-order chi connectivity index (χ0) is 22.0. The predicted octanol–water partition coefficient (Wildman–Crippen LogP) is 5.80. The summed E-state index contributed by atoms with van der Waals surface area (Å²) in [6, 6.07) is 34.2. The third kappa shape index (κ3) is 3.46. The van der Waals surface area contributed by atoms with Crippen LogP contribution in [0.5, 0.6) is 0 Å². The summed E-state index contributed by atoms with van der Waals surface area (Å²) in [4.78, 5) is 0. The van der Waals surface area contributed by atoms with Crippen LogP contribution < -0.4 is 10.9 Å². The van der Waals surface area contributed by atoms with E-state index in [1.165, 1.54) is 61.6 Å². The van der Waals surface area contributed by atoms with Gasteiger partial charge in [0.15, 0.2) is 0 Å². The molecule has 0 bridgehead atoms. The van der Waals surface area contributed by atoms with Crippen molar-refractivity contribution in [3.05, 3.63) is 102 Å². The normalized spacial score (nSPS) is 20.8. The molecule has 0 unspecified atom stereocenters. The molecule has 0 saturated heterocycles. The van der Waals surface area contributed by atoms with Gasteiger partial charge in [0, 0.05) is 27.1 Å². The average Bonchev–Trinajstić information content (AvgIpc) is 2.85. The molecule has 0 N–H and O–H groups in total. The van der Waals surface area contributed by atoms with Crippen LogP contribution in [0.15, 0.2) is 96.6 Å². The summed E-state index contributed by atoms with van der Waals surface area (Å²) >= 11 is 0. The molecular weight excluding hydrogens is 385 g/mol. The summed E-state index contributed by atoms with van der Waals surface area (Å²) in [5, 5.41) is 0. The Morgan fingerprint density at radius 1 is 0.656 bits per heavy atom.